The molecule has 1 atom stereocenters. The van der Waals surface area contributed by atoms with Gasteiger partial charge in [0.2, 0.25) is 21.9 Å². The monoisotopic (exact) mass is 498 g/mol. The number of hydrogen-bond acceptors (Lipinski definition) is 7. The number of nitrogens with zero attached hydrogens (tertiary/aromatic N) is 4. The molecule has 0 saturated carbocycles. The van der Waals surface area contributed by atoms with Crippen molar-refractivity contribution in [2.24, 2.45) is 0 Å². The second-order valence-electron chi connectivity index (χ2n) is 8.29. The van der Waals surface area contributed by atoms with E-state index < -0.39 is 27.9 Å². The van der Waals surface area contributed by atoms with E-state index in [0.717, 1.165) is 11.8 Å². The fraction of sp³-hybridized carbons (Fsp3) is 0.476. The largest absolute Gasteiger partial charge is 0.421 e. The van der Waals surface area contributed by atoms with Crippen LogP contribution < -0.4 is 15.5 Å². The van der Waals surface area contributed by atoms with E-state index in [-0.39, 0.29) is 37.2 Å². The van der Waals surface area contributed by atoms with E-state index in [1.54, 1.807) is 25.1 Å². The van der Waals surface area contributed by atoms with Crippen molar-refractivity contribution in [1.29, 1.82) is 0 Å². The summed E-state index contributed by atoms with van der Waals surface area (Å²) in [5.41, 5.74) is 0.908. The summed E-state index contributed by atoms with van der Waals surface area (Å²) in [4.78, 5) is 21.0. The number of anilines is 4. The Morgan fingerprint density at radius 1 is 1.29 bits per heavy atom. The highest BCUT2D eigenvalue weighted by Gasteiger charge is 2.41. The molecule has 1 aromatic carbocycles. The van der Waals surface area contributed by atoms with Gasteiger partial charge in [-0.05, 0) is 49.9 Å². The zero-order valence-electron chi connectivity index (χ0n) is 18.7. The first-order valence-electron chi connectivity index (χ1n) is 10.8. The van der Waals surface area contributed by atoms with Gasteiger partial charge in [0, 0.05) is 30.7 Å². The molecule has 1 amide bonds. The number of carbonyl (C=O) groups is 1. The number of hydrogen-bond donors (Lipinski definition) is 2. The van der Waals surface area contributed by atoms with E-state index in [9.17, 15) is 26.4 Å². The van der Waals surface area contributed by atoms with Crippen LogP contribution in [0.1, 0.15) is 37.3 Å². The SMILES string of the molecule is CCN(c1nc(Nc2ccc3c(c2)CC(=O)N3)ncc1C(F)(F)F)[C@@H]1CCCCN1S(C)(=O)=O. The molecule has 3 heterocycles. The Morgan fingerprint density at radius 3 is 2.74 bits per heavy atom. The Hall–Kier alpha value is -2.93. The Balaban J connectivity index is 1.72. The number of aromatic nitrogens is 2. The van der Waals surface area contributed by atoms with Crippen molar-refractivity contribution in [3.63, 3.8) is 0 Å². The molecule has 2 aliphatic rings. The summed E-state index contributed by atoms with van der Waals surface area (Å²) >= 11 is 0. The standard InChI is InChI=1S/C21H25F3N6O3S/c1-3-29(18-6-4-5-9-30(18)34(2,32)33)19-15(21(22,23)24)12-25-20(28-19)26-14-7-8-16-13(10-14)11-17(31)27-16/h7-8,10,12,18H,3-6,9,11H2,1-2H3,(H,27,31)(H,25,26,28)/t18-/m0/s1. The Kier molecular flexibility index (Phi) is 6.42. The molecule has 0 unspecified atom stereocenters. The number of alkyl halides is 3. The highest BCUT2D eigenvalue weighted by molar-refractivity contribution is 7.88. The Bertz CT molecular complexity index is 1200. The van der Waals surface area contributed by atoms with Gasteiger partial charge in [0.1, 0.15) is 11.4 Å². The quantitative estimate of drug-likeness (QED) is 0.629. The number of piperidine rings is 1. The van der Waals surface area contributed by atoms with Crippen LogP contribution in [0.25, 0.3) is 0 Å². The summed E-state index contributed by atoms with van der Waals surface area (Å²) in [6.07, 6.45) is -1.83. The van der Waals surface area contributed by atoms with Crippen molar-refractivity contribution in [1.82, 2.24) is 14.3 Å². The third-order valence-electron chi connectivity index (χ3n) is 5.88. The molecule has 0 radical (unpaired) electrons. The molecule has 1 fully saturated rings. The lowest BCUT2D eigenvalue weighted by atomic mass is 10.1. The van der Waals surface area contributed by atoms with Crippen LogP contribution >= 0.6 is 0 Å². The van der Waals surface area contributed by atoms with Crippen molar-refractivity contribution >= 4 is 39.1 Å². The summed E-state index contributed by atoms with van der Waals surface area (Å²) in [5.74, 6) is -0.590. The van der Waals surface area contributed by atoms with E-state index >= 15 is 0 Å². The minimum Gasteiger partial charge on any atom is -0.339 e. The molecule has 1 aromatic heterocycles. The number of benzene rings is 1. The highest BCUT2D eigenvalue weighted by atomic mass is 32.2. The van der Waals surface area contributed by atoms with Crippen LogP contribution in [0.4, 0.5) is 36.3 Å². The van der Waals surface area contributed by atoms with E-state index in [1.165, 1.54) is 9.21 Å². The number of nitrogens with one attached hydrogen (secondary N) is 2. The van der Waals surface area contributed by atoms with Crippen molar-refractivity contribution in [2.75, 3.05) is 34.9 Å². The highest BCUT2D eigenvalue weighted by Crippen LogP contribution is 2.38. The third kappa shape index (κ3) is 4.94. The fourth-order valence-corrected chi connectivity index (χ4v) is 5.50. The molecule has 2 aliphatic heterocycles. The molecule has 184 valence electrons. The molecule has 4 rings (SSSR count). The molecular weight excluding hydrogens is 473 g/mol. The third-order valence-corrected chi connectivity index (χ3v) is 7.16. The summed E-state index contributed by atoms with van der Waals surface area (Å²) in [7, 11) is -3.64. The molecule has 9 nitrogen and oxygen atoms in total. The maximum Gasteiger partial charge on any atom is 0.421 e. The number of halogens is 3. The minimum atomic E-state index is -4.73. The van der Waals surface area contributed by atoms with Gasteiger partial charge in [0.05, 0.1) is 18.8 Å². The predicted octanol–water partition coefficient (Wildman–Crippen LogP) is 3.33. The second-order valence-corrected chi connectivity index (χ2v) is 10.2. The number of carbonyl (C=O) groups excluding carboxylic acids is 1. The lowest BCUT2D eigenvalue weighted by Gasteiger charge is -2.42. The molecule has 13 heteroatoms. The molecule has 0 aliphatic carbocycles. The zero-order chi connectivity index (χ0) is 24.7. The predicted molar refractivity (Wildman–Crippen MR) is 121 cm³/mol. The maximum absolute atomic E-state index is 13.9. The topological polar surface area (TPSA) is 108 Å². The van der Waals surface area contributed by atoms with E-state index in [2.05, 4.69) is 20.6 Å². The van der Waals surface area contributed by atoms with E-state index in [0.29, 0.717) is 36.8 Å². The first-order valence-corrected chi connectivity index (χ1v) is 12.7. The molecule has 2 N–H and O–H groups in total. The van der Waals surface area contributed by atoms with Gasteiger partial charge in [0.25, 0.3) is 0 Å². The smallest absolute Gasteiger partial charge is 0.339 e. The zero-order valence-corrected chi connectivity index (χ0v) is 19.5. The van der Waals surface area contributed by atoms with Crippen molar-refractivity contribution in [3.05, 3.63) is 35.5 Å². The Morgan fingerprint density at radius 2 is 2.06 bits per heavy atom. The van der Waals surface area contributed by atoms with Crippen LogP contribution in [0.15, 0.2) is 24.4 Å². The van der Waals surface area contributed by atoms with Crippen LogP contribution in [-0.4, -0.2) is 54.1 Å². The van der Waals surface area contributed by atoms with Gasteiger partial charge in [-0.2, -0.15) is 22.5 Å². The van der Waals surface area contributed by atoms with E-state index in [4.69, 9.17) is 0 Å². The van der Waals surface area contributed by atoms with Crippen LogP contribution in [0.3, 0.4) is 0 Å². The van der Waals surface area contributed by atoms with Crippen molar-refractivity contribution < 1.29 is 26.4 Å². The van der Waals surface area contributed by atoms with Gasteiger partial charge in [-0.1, -0.05) is 0 Å². The number of sulfonamides is 1. The summed E-state index contributed by atoms with van der Waals surface area (Å²) < 4.78 is 67.6. The van der Waals surface area contributed by atoms with Gasteiger partial charge in [-0.15, -0.1) is 0 Å². The lowest BCUT2D eigenvalue weighted by molar-refractivity contribution is -0.137. The Labute approximate surface area is 195 Å². The normalized spacial score (nSPS) is 19.0. The maximum atomic E-state index is 13.9. The minimum absolute atomic E-state index is 0.0691. The molecular formula is C21H25F3N6O3S. The first kappa shape index (κ1) is 24.2. The second kappa shape index (κ2) is 9.02. The van der Waals surface area contributed by atoms with Crippen LogP contribution in [0.2, 0.25) is 0 Å². The number of fused-ring (bicyclic) bond motifs is 1. The van der Waals surface area contributed by atoms with Crippen molar-refractivity contribution in [2.45, 2.75) is 44.9 Å². The molecule has 34 heavy (non-hydrogen) atoms. The van der Waals surface area contributed by atoms with Crippen molar-refractivity contribution in [3.8, 4) is 0 Å². The average Bonchev–Trinajstić information content (AvgIpc) is 3.12. The summed E-state index contributed by atoms with van der Waals surface area (Å²) in [6, 6.07) is 5.06. The molecule has 0 spiro atoms. The van der Waals surface area contributed by atoms with Crippen LogP contribution in [0.5, 0.6) is 0 Å². The van der Waals surface area contributed by atoms with Crippen LogP contribution in [-0.2, 0) is 27.4 Å². The molecule has 1 saturated heterocycles. The summed E-state index contributed by atoms with van der Waals surface area (Å²) in [6.45, 7) is 2.01. The van der Waals surface area contributed by atoms with Gasteiger partial charge in [0.15, 0.2) is 0 Å². The van der Waals surface area contributed by atoms with Gasteiger partial charge in [-0.3, -0.25) is 4.79 Å². The fourth-order valence-electron chi connectivity index (χ4n) is 4.38. The molecule has 0 bridgehead atoms. The van der Waals surface area contributed by atoms with E-state index in [1.807, 2.05) is 0 Å². The molecule has 2 aromatic rings. The van der Waals surface area contributed by atoms with Crippen LogP contribution in [0, 0.1) is 0 Å². The first-order chi connectivity index (χ1) is 16.0. The summed E-state index contributed by atoms with van der Waals surface area (Å²) in [5, 5.41) is 5.62. The van der Waals surface area contributed by atoms with Gasteiger partial charge in [-0.25, -0.2) is 13.4 Å². The number of rotatable bonds is 6. The lowest BCUT2D eigenvalue weighted by Crippen LogP contribution is -2.53. The average molecular weight is 499 g/mol. The van der Waals surface area contributed by atoms with Gasteiger partial charge >= 0.3 is 6.18 Å². The number of amides is 1. The van der Waals surface area contributed by atoms with Gasteiger partial charge < -0.3 is 15.5 Å².